The maximum atomic E-state index is 4.35. The zero-order chi connectivity index (χ0) is 16.5. The van der Waals surface area contributed by atoms with Gasteiger partial charge in [0, 0.05) is 46.0 Å². The second-order valence-corrected chi connectivity index (χ2v) is 6.39. The van der Waals surface area contributed by atoms with Crippen molar-refractivity contribution in [1.82, 2.24) is 25.3 Å². The first-order chi connectivity index (χ1) is 11.2. The van der Waals surface area contributed by atoms with Crippen LogP contribution in [0.25, 0.3) is 0 Å². The predicted octanol–water partition coefficient (Wildman–Crippen LogP) is 1.39. The summed E-state index contributed by atoms with van der Waals surface area (Å²) in [5, 5.41) is 11.2. The molecule has 1 aromatic rings. The van der Waals surface area contributed by atoms with Crippen molar-refractivity contribution < 1.29 is 0 Å². The molecule has 0 saturated carbocycles. The molecule has 2 rings (SSSR count). The van der Waals surface area contributed by atoms with Gasteiger partial charge in [-0.2, -0.15) is 5.10 Å². The maximum Gasteiger partial charge on any atom is 0.191 e. The van der Waals surface area contributed by atoms with Gasteiger partial charge in [-0.3, -0.25) is 9.67 Å². The quantitative estimate of drug-likeness (QED) is 0.453. The van der Waals surface area contributed by atoms with E-state index in [1.807, 2.05) is 25.0 Å². The Labute approximate surface area is 140 Å². The van der Waals surface area contributed by atoms with Gasteiger partial charge in [0.15, 0.2) is 5.96 Å². The summed E-state index contributed by atoms with van der Waals surface area (Å²) in [7, 11) is 3.81. The molecule has 0 bridgehead atoms. The fourth-order valence-corrected chi connectivity index (χ4v) is 3.11. The van der Waals surface area contributed by atoms with Crippen LogP contribution in [0.15, 0.2) is 17.4 Å². The van der Waals surface area contributed by atoms with Crippen molar-refractivity contribution >= 4 is 5.96 Å². The minimum Gasteiger partial charge on any atom is -0.356 e. The smallest absolute Gasteiger partial charge is 0.191 e. The Hall–Kier alpha value is -1.56. The van der Waals surface area contributed by atoms with Crippen molar-refractivity contribution in [2.45, 2.75) is 45.1 Å². The fourth-order valence-electron chi connectivity index (χ4n) is 3.11. The van der Waals surface area contributed by atoms with Gasteiger partial charge in [0.2, 0.25) is 0 Å². The van der Waals surface area contributed by atoms with Gasteiger partial charge in [0.1, 0.15) is 0 Å². The maximum absolute atomic E-state index is 4.35. The van der Waals surface area contributed by atoms with Crippen LogP contribution in [0.4, 0.5) is 0 Å². The highest BCUT2D eigenvalue weighted by Gasteiger charge is 2.19. The van der Waals surface area contributed by atoms with Crippen LogP contribution in [-0.4, -0.2) is 59.9 Å². The summed E-state index contributed by atoms with van der Waals surface area (Å²) in [5.74, 6) is 0.935. The van der Waals surface area contributed by atoms with Gasteiger partial charge >= 0.3 is 0 Å². The molecule has 0 aromatic carbocycles. The van der Waals surface area contributed by atoms with E-state index < -0.39 is 0 Å². The van der Waals surface area contributed by atoms with E-state index in [0.29, 0.717) is 6.04 Å². The standard InChI is InChI=1S/C17H32N6/c1-4-10-23-11-7-16(8-12-23)21-17(18-2)19-9-5-6-15-13-20-22(3)14-15/h13-14,16H,4-12H2,1-3H3,(H2,18,19,21). The van der Waals surface area contributed by atoms with Crippen LogP contribution >= 0.6 is 0 Å². The third-order valence-electron chi connectivity index (χ3n) is 4.38. The largest absolute Gasteiger partial charge is 0.356 e. The summed E-state index contributed by atoms with van der Waals surface area (Å²) < 4.78 is 1.86. The molecule has 2 N–H and O–H groups in total. The average Bonchev–Trinajstić information content (AvgIpc) is 2.97. The molecule has 6 heteroatoms. The molecule has 0 amide bonds. The van der Waals surface area contributed by atoms with E-state index in [4.69, 9.17) is 0 Å². The van der Waals surface area contributed by atoms with Crippen molar-refractivity contribution in [3.8, 4) is 0 Å². The average molecular weight is 320 g/mol. The van der Waals surface area contributed by atoms with Crippen LogP contribution in [-0.2, 0) is 13.5 Å². The Morgan fingerprint density at radius 1 is 1.39 bits per heavy atom. The van der Waals surface area contributed by atoms with Crippen LogP contribution in [0.2, 0.25) is 0 Å². The number of likely N-dealkylation sites (tertiary alicyclic amines) is 1. The second kappa shape index (κ2) is 9.55. The minimum absolute atomic E-state index is 0.549. The van der Waals surface area contributed by atoms with Crippen LogP contribution in [0.3, 0.4) is 0 Å². The zero-order valence-electron chi connectivity index (χ0n) is 14.9. The van der Waals surface area contributed by atoms with Crippen LogP contribution in [0.1, 0.15) is 38.2 Å². The van der Waals surface area contributed by atoms with E-state index in [-0.39, 0.29) is 0 Å². The molecule has 0 unspecified atom stereocenters. The third-order valence-corrected chi connectivity index (χ3v) is 4.38. The lowest BCUT2D eigenvalue weighted by molar-refractivity contribution is 0.206. The monoisotopic (exact) mass is 320 g/mol. The number of nitrogens with zero attached hydrogens (tertiary/aromatic N) is 4. The first kappa shape index (κ1) is 17.8. The van der Waals surface area contributed by atoms with Gasteiger partial charge in [-0.1, -0.05) is 6.92 Å². The van der Waals surface area contributed by atoms with Gasteiger partial charge in [-0.25, -0.2) is 0 Å². The molecule has 0 atom stereocenters. The summed E-state index contributed by atoms with van der Waals surface area (Å²) in [6.45, 7) is 6.81. The Morgan fingerprint density at radius 3 is 2.78 bits per heavy atom. The van der Waals surface area contributed by atoms with E-state index in [1.54, 1.807) is 0 Å². The number of rotatable bonds is 7. The van der Waals surface area contributed by atoms with Crippen LogP contribution in [0, 0.1) is 0 Å². The number of hydrogen-bond acceptors (Lipinski definition) is 3. The van der Waals surface area contributed by atoms with Gasteiger partial charge in [0.05, 0.1) is 6.20 Å². The topological polar surface area (TPSA) is 57.5 Å². The van der Waals surface area contributed by atoms with Crippen molar-refractivity contribution in [3.05, 3.63) is 18.0 Å². The molecule has 1 aliphatic rings. The molecule has 0 spiro atoms. The Bertz CT molecular complexity index is 473. The molecule has 23 heavy (non-hydrogen) atoms. The molecule has 1 saturated heterocycles. The fraction of sp³-hybridized carbons (Fsp3) is 0.765. The molecule has 0 aliphatic carbocycles. The van der Waals surface area contributed by atoms with Gasteiger partial charge in [0.25, 0.3) is 0 Å². The Kier molecular flexibility index (Phi) is 7.39. The highest BCUT2D eigenvalue weighted by Crippen LogP contribution is 2.10. The first-order valence-corrected chi connectivity index (χ1v) is 8.88. The van der Waals surface area contributed by atoms with E-state index in [2.05, 4.69) is 38.7 Å². The van der Waals surface area contributed by atoms with Crippen molar-refractivity contribution in [1.29, 1.82) is 0 Å². The van der Waals surface area contributed by atoms with Crippen molar-refractivity contribution in [3.63, 3.8) is 0 Å². The third kappa shape index (κ3) is 6.22. The zero-order valence-corrected chi connectivity index (χ0v) is 14.9. The summed E-state index contributed by atoms with van der Waals surface area (Å²) >= 11 is 0. The highest BCUT2D eigenvalue weighted by atomic mass is 15.2. The number of piperidine rings is 1. The highest BCUT2D eigenvalue weighted by molar-refractivity contribution is 5.79. The van der Waals surface area contributed by atoms with E-state index in [0.717, 1.165) is 25.3 Å². The summed E-state index contributed by atoms with van der Waals surface area (Å²) in [6, 6.07) is 0.549. The lowest BCUT2D eigenvalue weighted by Crippen LogP contribution is -2.48. The Balaban J connectivity index is 1.62. The van der Waals surface area contributed by atoms with Crippen LogP contribution in [0.5, 0.6) is 0 Å². The molecule has 1 aliphatic heterocycles. The second-order valence-electron chi connectivity index (χ2n) is 6.39. The van der Waals surface area contributed by atoms with Gasteiger partial charge < -0.3 is 15.5 Å². The number of hydrogen-bond donors (Lipinski definition) is 2. The number of guanidine groups is 1. The summed E-state index contributed by atoms with van der Waals surface area (Å²) in [4.78, 5) is 6.91. The number of nitrogens with one attached hydrogen (secondary N) is 2. The molecular weight excluding hydrogens is 288 g/mol. The summed E-state index contributed by atoms with van der Waals surface area (Å²) in [5.41, 5.74) is 1.29. The van der Waals surface area contributed by atoms with E-state index in [9.17, 15) is 0 Å². The molecule has 1 fully saturated rings. The summed E-state index contributed by atoms with van der Waals surface area (Å²) in [6.07, 6.45) is 9.81. The molecular formula is C17H32N6. The molecule has 0 radical (unpaired) electrons. The molecule has 2 heterocycles. The predicted molar refractivity (Wildman–Crippen MR) is 95.8 cm³/mol. The molecule has 1 aromatic heterocycles. The minimum atomic E-state index is 0.549. The van der Waals surface area contributed by atoms with Gasteiger partial charge in [-0.15, -0.1) is 0 Å². The SMILES string of the molecule is CCCN1CCC(NC(=NC)NCCCc2cnn(C)c2)CC1. The molecule has 130 valence electrons. The lowest BCUT2D eigenvalue weighted by atomic mass is 10.1. The lowest BCUT2D eigenvalue weighted by Gasteiger charge is -2.32. The van der Waals surface area contributed by atoms with Crippen molar-refractivity contribution in [2.24, 2.45) is 12.0 Å². The number of aliphatic imine (C=N–C) groups is 1. The first-order valence-electron chi connectivity index (χ1n) is 8.88. The normalized spacial score (nSPS) is 17.4. The van der Waals surface area contributed by atoms with E-state index in [1.165, 1.54) is 44.5 Å². The Morgan fingerprint density at radius 2 is 2.17 bits per heavy atom. The number of aromatic nitrogens is 2. The van der Waals surface area contributed by atoms with Crippen LogP contribution < -0.4 is 10.6 Å². The molecule has 6 nitrogen and oxygen atoms in total. The van der Waals surface area contributed by atoms with Crippen molar-refractivity contribution in [2.75, 3.05) is 33.2 Å². The van der Waals surface area contributed by atoms with Gasteiger partial charge in [-0.05, 0) is 44.2 Å². The van der Waals surface area contributed by atoms with E-state index >= 15 is 0 Å². The number of aryl methyl sites for hydroxylation is 2.